The molecule has 0 spiro atoms. The standard InChI is InChI=1S/C19H18Cl3N3O2S/c1-27-17-13(21)9-11(10-14(17)22)18(26)24-19(28)23-15-6-4-5-12(20)16(15)25-7-2-3-8-25/h4-6,9-10H,2-3,7-8H2,1H3,(H2,23,24,26,28). The number of methoxy groups -OCH3 is 1. The SMILES string of the molecule is COc1c(Cl)cc(C(=O)NC(=S)Nc2cccc(Cl)c2N2CCCC2)cc1Cl. The first-order valence-corrected chi connectivity index (χ1v) is 10.1. The third-order valence-electron chi connectivity index (χ3n) is 4.35. The van der Waals surface area contributed by atoms with Crippen LogP contribution in [0.3, 0.4) is 0 Å². The molecule has 28 heavy (non-hydrogen) atoms. The maximum Gasteiger partial charge on any atom is 0.257 e. The minimum atomic E-state index is -0.436. The zero-order valence-corrected chi connectivity index (χ0v) is 18.1. The van der Waals surface area contributed by atoms with E-state index in [4.69, 9.17) is 51.8 Å². The number of anilines is 2. The van der Waals surface area contributed by atoms with Gasteiger partial charge in [-0.25, -0.2) is 0 Å². The van der Waals surface area contributed by atoms with Gasteiger partial charge < -0.3 is 15.0 Å². The van der Waals surface area contributed by atoms with Crippen molar-refractivity contribution in [3.63, 3.8) is 0 Å². The van der Waals surface area contributed by atoms with Gasteiger partial charge in [0, 0.05) is 18.7 Å². The number of halogens is 3. The molecule has 1 saturated heterocycles. The van der Waals surface area contributed by atoms with Crippen LogP contribution in [-0.2, 0) is 0 Å². The Kier molecular flexibility index (Phi) is 6.88. The van der Waals surface area contributed by atoms with Gasteiger partial charge in [0.2, 0.25) is 0 Å². The van der Waals surface area contributed by atoms with Crippen LogP contribution in [0.2, 0.25) is 15.1 Å². The van der Waals surface area contributed by atoms with Crippen LogP contribution < -0.4 is 20.3 Å². The van der Waals surface area contributed by atoms with E-state index in [1.165, 1.54) is 19.2 Å². The van der Waals surface area contributed by atoms with Gasteiger partial charge in [-0.15, -0.1) is 0 Å². The number of rotatable bonds is 4. The highest BCUT2D eigenvalue weighted by atomic mass is 35.5. The number of nitrogens with one attached hydrogen (secondary N) is 2. The highest BCUT2D eigenvalue weighted by molar-refractivity contribution is 7.80. The molecule has 9 heteroatoms. The molecule has 0 atom stereocenters. The Morgan fingerprint density at radius 1 is 1.11 bits per heavy atom. The quantitative estimate of drug-likeness (QED) is 0.602. The third-order valence-corrected chi connectivity index (χ3v) is 5.42. The van der Waals surface area contributed by atoms with Crippen LogP contribution in [0, 0.1) is 0 Å². The highest BCUT2D eigenvalue weighted by Gasteiger charge is 2.20. The summed E-state index contributed by atoms with van der Waals surface area (Å²) in [7, 11) is 1.45. The molecule has 0 unspecified atom stereocenters. The van der Waals surface area contributed by atoms with E-state index in [2.05, 4.69) is 15.5 Å². The molecule has 0 aliphatic carbocycles. The smallest absolute Gasteiger partial charge is 0.257 e. The average Bonchev–Trinajstić information content (AvgIpc) is 3.15. The minimum Gasteiger partial charge on any atom is -0.494 e. The summed E-state index contributed by atoms with van der Waals surface area (Å²) < 4.78 is 5.09. The van der Waals surface area contributed by atoms with Crippen LogP contribution in [0.25, 0.3) is 0 Å². The van der Waals surface area contributed by atoms with Crippen LogP contribution >= 0.6 is 47.0 Å². The van der Waals surface area contributed by atoms with E-state index >= 15 is 0 Å². The van der Waals surface area contributed by atoms with Crippen molar-refractivity contribution in [2.24, 2.45) is 0 Å². The average molecular weight is 459 g/mol. The third kappa shape index (κ3) is 4.63. The maximum atomic E-state index is 12.5. The number of para-hydroxylation sites is 1. The van der Waals surface area contributed by atoms with E-state index in [-0.39, 0.29) is 20.7 Å². The molecule has 5 nitrogen and oxygen atoms in total. The Balaban J connectivity index is 1.74. The summed E-state index contributed by atoms with van der Waals surface area (Å²) in [5, 5.41) is 6.96. The number of nitrogens with zero attached hydrogens (tertiary/aromatic N) is 1. The molecule has 0 radical (unpaired) electrons. The second-order valence-electron chi connectivity index (χ2n) is 6.21. The molecule has 0 saturated carbocycles. The first-order valence-electron chi connectivity index (χ1n) is 8.59. The first-order chi connectivity index (χ1) is 13.4. The second kappa shape index (κ2) is 9.18. The van der Waals surface area contributed by atoms with E-state index in [9.17, 15) is 4.79 Å². The van der Waals surface area contributed by atoms with Crippen molar-refractivity contribution in [1.29, 1.82) is 0 Å². The fourth-order valence-corrected chi connectivity index (χ4v) is 4.23. The second-order valence-corrected chi connectivity index (χ2v) is 7.84. The molecule has 0 aromatic heterocycles. The van der Waals surface area contributed by atoms with E-state index < -0.39 is 5.91 Å². The van der Waals surface area contributed by atoms with Crippen molar-refractivity contribution in [1.82, 2.24) is 5.32 Å². The molecule has 3 rings (SSSR count). The van der Waals surface area contributed by atoms with Gasteiger partial charge in [0.1, 0.15) is 0 Å². The molecule has 1 amide bonds. The Labute approximate surface area is 183 Å². The van der Waals surface area contributed by atoms with Crippen molar-refractivity contribution in [2.45, 2.75) is 12.8 Å². The number of carbonyl (C=O) groups excluding carboxylic acids is 1. The lowest BCUT2D eigenvalue weighted by Gasteiger charge is -2.23. The lowest BCUT2D eigenvalue weighted by Crippen LogP contribution is -2.34. The zero-order valence-electron chi connectivity index (χ0n) is 15.0. The van der Waals surface area contributed by atoms with Crippen molar-refractivity contribution in [2.75, 3.05) is 30.4 Å². The van der Waals surface area contributed by atoms with Crippen LogP contribution in [0.15, 0.2) is 30.3 Å². The normalized spacial score (nSPS) is 13.4. The summed E-state index contributed by atoms with van der Waals surface area (Å²) in [5.41, 5.74) is 1.89. The molecule has 1 heterocycles. The number of ether oxygens (including phenoxy) is 1. The summed E-state index contributed by atoms with van der Waals surface area (Å²) in [6, 6.07) is 8.48. The molecule has 1 fully saturated rings. The monoisotopic (exact) mass is 457 g/mol. The number of hydrogen-bond donors (Lipinski definition) is 2. The predicted molar refractivity (Wildman–Crippen MR) is 120 cm³/mol. The molecule has 1 aliphatic rings. The van der Waals surface area contributed by atoms with Crippen LogP contribution in [0.5, 0.6) is 5.75 Å². The molecular formula is C19H18Cl3N3O2S. The van der Waals surface area contributed by atoms with Crippen molar-refractivity contribution >= 4 is 69.4 Å². The molecule has 2 aromatic carbocycles. The first kappa shape index (κ1) is 21.0. The topological polar surface area (TPSA) is 53.6 Å². The molecule has 2 N–H and O–H groups in total. The van der Waals surface area contributed by atoms with Crippen LogP contribution in [0.4, 0.5) is 11.4 Å². The van der Waals surface area contributed by atoms with Gasteiger partial charge in [0.25, 0.3) is 5.91 Å². The van der Waals surface area contributed by atoms with Gasteiger partial charge in [-0.1, -0.05) is 40.9 Å². The Morgan fingerprint density at radius 3 is 2.36 bits per heavy atom. The van der Waals surface area contributed by atoms with Gasteiger partial charge in [-0.3, -0.25) is 10.1 Å². The van der Waals surface area contributed by atoms with Crippen LogP contribution in [0.1, 0.15) is 23.2 Å². The van der Waals surface area contributed by atoms with E-state index in [1.54, 1.807) is 0 Å². The van der Waals surface area contributed by atoms with E-state index in [0.29, 0.717) is 10.8 Å². The van der Waals surface area contributed by atoms with Crippen molar-refractivity contribution < 1.29 is 9.53 Å². The molecule has 148 valence electrons. The van der Waals surface area contributed by atoms with E-state index in [0.717, 1.165) is 37.3 Å². The number of amides is 1. The van der Waals surface area contributed by atoms with Gasteiger partial charge in [0.15, 0.2) is 10.9 Å². The fourth-order valence-electron chi connectivity index (χ4n) is 3.09. The van der Waals surface area contributed by atoms with Gasteiger partial charge in [0.05, 0.1) is 33.6 Å². The van der Waals surface area contributed by atoms with Crippen molar-refractivity contribution in [3.05, 3.63) is 51.0 Å². The van der Waals surface area contributed by atoms with Crippen LogP contribution in [-0.4, -0.2) is 31.2 Å². The number of benzene rings is 2. The Bertz CT molecular complexity index is 894. The van der Waals surface area contributed by atoms with E-state index in [1.807, 2.05) is 18.2 Å². The molecule has 0 bridgehead atoms. The maximum absolute atomic E-state index is 12.5. The lowest BCUT2D eigenvalue weighted by molar-refractivity contribution is 0.0977. The Morgan fingerprint density at radius 2 is 1.75 bits per heavy atom. The molecule has 1 aliphatic heterocycles. The lowest BCUT2D eigenvalue weighted by atomic mass is 10.2. The minimum absolute atomic E-state index is 0.149. The Hall–Kier alpha value is -1.73. The summed E-state index contributed by atoms with van der Waals surface area (Å²) in [5.74, 6) is -0.122. The number of carbonyl (C=O) groups is 1. The highest BCUT2D eigenvalue weighted by Crippen LogP contribution is 2.36. The summed E-state index contributed by atoms with van der Waals surface area (Å²) >= 11 is 23.9. The summed E-state index contributed by atoms with van der Waals surface area (Å²) in [6.07, 6.45) is 2.23. The zero-order chi connectivity index (χ0) is 20.3. The predicted octanol–water partition coefficient (Wildman–Crippen LogP) is 5.38. The number of thiocarbonyl (C=S) groups is 1. The van der Waals surface area contributed by atoms with Gasteiger partial charge >= 0.3 is 0 Å². The van der Waals surface area contributed by atoms with Gasteiger partial charge in [-0.05, 0) is 49.3 Å². The largest absolute Gasteiger partial charge is 0.494 e. The number of hydrogen-bond acceptors (Lipinski definition) is 4. The van der Waals surface area contributed by atoms with Gasteiger partial charge in [-0.2, -0.15) is 0 Å². The fraction of sp³-hybridized carbons (Fsp3) is 0.263. The van der Waals surface area contributed by atoms with Crippen molar-refractivity contribution in [3.8, 4) is 5.75 Å². The molecular weight excluding hydrogens is 441 g/mol. The molecule has 2 aromatic rings. The summed E-state index contributed by atoms with van der Waals surface area (Å²) in [6.45, 7) is 1.86. The summed E-state index contributed by atoms with van der Waals surface area (Å²) in [4.78, 5) is 14.7.